The molecule has 0 saturated carbocycles. The molecule has 1 aromatic carbocycles. The minimum absolute atomic E-state index is 0.00187. The van der Waals surface area contributed by atoms with Crippen molar-refractivity contribution in [2.45, 2.75) is 13.2 Å². The molecule has 0 aliphatic carbocycles. The van der Waals surface area contributed by atoms with E-state index in [2.05, 4.69) is 15.0 Å². The van der Waals surface area contributed by atoms with Crippen molar-refractivity contribution in [1.82, 2.24) is 15.0 Å². The monoisotopic (exact) mass is 296 g/mol. The van der Waals surface area contributed by atoms with E-state index in [-0.39, 0.29) is 17.0 Å². The molecule has 1 aliphatic rings. The van der Waals surface area contributed by atoms with Gasteiger partial charge >= 0.3 is 0 Å². The summed E-state index contributed by atoms with van der Waals surface area (Å²) in [5, 5.41) is 10.4. The van der Waals surface area contributed by atoms with Gasteiger partial charge in [0.2, 0.25) is 12.2 Å². The van der Waals surface area contributed by atoms with E-state index in [0.29, 0.717) is 17.0 Å². The van der Waals surface area contributed by atoms with E-state index in [4.69, 9.17) is 10.5 Å². The molecule has 110 valence electrons. The Morgan fingerprint density at radius 3 is 2.95 bits per heavy atom. The van der Waals surface area contributed by atoms with Crippen molar-refractivity contribution in [2.24, 2.45) is 0 Å². The van der Waals surface area contributed by atoms with Gasteiger partial charge in [0.05, 0.1) is 11.1 Å². The summed E-state index contributed by atoms with van der Waals surface area (Å²) in [6, 6.07) is 7.12. The van der Waals surface area contributed by atoms with Crippen molar-refractivity contribution in [3.63, 3.8) is 0 Å². The fourth-order valence-corrected chi connectivity index (χ4v) is 2.62. The van der Waals surface area contributed by atoms with Crippen molar-refractivity contribution < 1.29 is 9.84 Å². The van der Waals surface area contributed by atoms with Gasteiger partial charge in [-0.1, -0.05) is 11.6 Å². The Morgan fingerprint density at radius 2 is 2.14 bits per heavy atom. The number of nitrogens with zero attached hydrogens (tertiary/aromatic N) is 2. The van der Waals surface area contributed by atoms with Crippen molar-refractivity contribution in [3.05, 3.63) is 45.7 Å². The molecule has 0 spiro atoms. The number of nitrogens with one attached hydrogen (secondary N) is 1. The molecule has 0 radical (unpaired) electrons. The van der Waals surface area contributed by atoms with Gasteiger partial charge in [-0.3, -0.25) is 9.78 Å². The Bertz CT molecular complexity index is 980. The molecule has 0 bridgehead atoms. The van der Waals surface area contributed by atoms with Gasteiger partial charge in [-0.2, -0.15) is 4.98 Å². The molecule has 3 aromatic rings. The van der Waals surface area contributed by atoms with E-state index in [1.807, 2.05) is 19.1 Å². The normalized spacial score (nSPS) is 16.0. The van der Waals surface area contributed by atoms with E-state index < -0.39 is 11.8 Å². The summed E-state index contributed by atoms with van der Waals surface area (Å²) in [7, 11) is 0. The van der Waals surface area contributed by atoms with Crippen LogP contribution in [0.4, 0.5) is 5.95 Å². The minimum atomic E-state index is -1.18. The minimum Gasteiger partial charge on any atom is -0.460 e. The largest absolute Gasteiger partial charge is 0.460 e. The number of nitrogens with two attached hydrogens (primary N) is 1. The molecule has 4 N–H and O–H groups in total. The number of nitrogen functional groups attached to an aromatic ring is 1. The maximum Gasteiger partial charge on any atom is 0.261 e. The molecule has 2 aromatic heterocycles. The summed E-state index contributed by atoms with van der Waals surface area (Å²) in [6.45, 7) is 1.95. The molecule has 0 saturated heterocycles. The van der Waals surface area contributed by atoms with Crippen molar-refractivity contribution in [3.8, 4) is 17.0 Å². The van der Waals surface area contributed by atoms with Crippen molar-refractivity contribution in [1.29, 1.82) is 0 Å². The number of anilines is 1. The van der Waals surface area contributed by atoms with Gasteiger partial charge in [0.15, 0.2) is 5.65 Å². The number of hydrogen-bond donors (Lipinski definition) is 3. The number of fused-ring (bicyclic) bond motifs is 4. The lowest BCUT2D eigenvalue weighted by molar-refractivity contribution is -0.0215. The van der Waals surface area contributed by atoms with Crippen LogP contribution in [0.15, 0.2) is 29.1 Å². The third-order valence-corrected chi connectivity index (χ3v) is 3.64. The quantitative estimate of drug-likeness (QED) is 0.575. The zero-order valence-corrected chi connectivity index (χ0v) is 11.6. The molecule has 0 unspecified atom stereocenters. The summed E-state index contributed by atoms with van der Waals surface area (Å²) in [5.41, 5.74) is 8.16. The number of ether oxygens (including phenoxy) is 1. The standard InChI is InChI=1S/C15H12N4O3/c1-6-2-3-10-7(4-6)11-8(14(21)22-10)5-9-12(17-11)18-15(16)19-13(9)20/h2-5,14,21H,1H3,(H3,16,17,18,19,20)/t14-/m1/s1. The zero-order chi connectivity index (χ0) is 15.4. The Hall–Kier alpha value is -2.93. The highest BCUT2D eigenvalue weighted by atomic mass is 16.6. The average molecular weight is 296 g/mol. The molecular weight excluding hydrogens is 284 g/mol. The van der Waals surface area contributed by atoms with Gasteiger partial charge in [-0.15, -0.1) is 0 Å². The van der Waals surface area contributed by atoms with Crippen LogP contribution >= 0.6 is 0 Å². The summed E-state index contributed by atoms with van der Waals surface area (Å²) in [4.78, 5) is 22.8. The molecule has 1 aliphatic heterocycles. The Balaban J connectivity index is 2.10. The van der Waals surface area contributed by atoms with Crippen LogP contribution < -0.4 is 16.0 Å². The van der Waals surface area contributed by atoms with Crippen LogP contribution in [0, 0.1) is 6.92 Å². The maximum atomic E-state index is 12.0. The Labute approximate surface area is 124 Å². The molecule has 7 nitrogen and oxygen atoms in total. The second kappa shape index (κ2) is 4.28. The predicted molar refractivity (Wildman–Crippen MR) is 80.3 cm³/mol. The van der Waals surface area contributed by atoms with Crippen LogP contribution in [-0.4, -0.2) is 20.1 Å². The SMILES string of the molecule is Cc1ccc2c(c1)-c1nc3nc(N)[nH]c(=O)c3cc1[C@H](O)O2. The highest BCUT2D eigenvalue weighted by Crippen LogP contribution is 2.41. The average Bonchev–Trinajstić information content (AvgIpc) is 2.47. The number of aliphatic hydroxyl groups excluding tert-OH is 1. The fraction of sp³-hybridized carbons (Fsp3) is 0.133. The van der Waals surface area contributed by atoms with E-state index >= 15 is 0 Å². The van der Waals surface area contributed by atoms with E-state index in [0.717, 1.165) is 11.1 Å². The molecule has 0 amide bonds. The third kappa shape index (κ3) is 1.76. The first kappa shape index (κ1) is 12.8. The summed E-state index contributed by atoms with van der Waals surface area (Å²) < 4.78 is 5.48. The number of aromatic nitrogens is 3. The van der Waals surface area contributed by atoms with Gasteiger partial charge < -0.3 is 15.6 Å². The Morgan fingerprint density at radius 1 is 1.32 bits per heavy atom. The molecule has 4 rings (SSSR count). The molecular formula is C15H12N4O3. The number of H-pyrrole nitrogens is 1. The molecule has 22 heavy (non-hydrogen) atoms. The molecule has 0 fully saturated rings. The maximum absolute atomic E-state index is 12.0. The number of aryl methyl sites for hydroxylation is 1. The van der Waals surface area contributed by atoms with Gasteiger partial charge in [0.1, 0.15) is 5.75 Å². The van der Waals surface area contributed by atoms with E-state index in [1.54, 1.807) is 12.1 Å². The number of hydrogen-bond acceptors (Lipinski definition) is 6. The third-order valence-electron chi connectivity index (χ3n) is 3.64. The predicted octanol–water partition coefficient (Wildman–Crippen LogP) is 1.26. The van der Waals surface area contributed by atoms with Gasteiger partial charge in [0.25, 0.3) is 5.56 Å². The van der Waals surface area contributed by atoms with Crippen LogP contribution in [-0.2, 0) is 0 Å². The number of aromatic amines is 1. The lowest BCUT2D eigenvalue weighted by Gasteiger charge is -2.24. The van der Waals surface area contributed by atoms with Crippen LogP contribution in [0.2, 0.25) is 0 Å². The van der Waals surface area contributed by atoms with Crippen molar-refractivity contribution >= 4 is 17.0 Å². The number of aliphatic hydroxyl groups is 1. The second-order valence-electron chi connectivity index (χ2n) is 5.22. The Kier molecular flexibility index (Phi) is 2.49. The highest BCUT2D eigenvalue weighted by molar-refractivity contribution is 5.83. The van der Waals surface area contributed by atoms with Crippen LogP contribution in [0.3, 0.4) is 0 Å². The lowest BCUT2D eigenvalue weighted by atomic mass is 9.99. The first-order chi connectivity index (χ1) is 10.5. The van der Waals surface area contributed by atoms with Crippen LogP contribution in [0.5, 0.6) is 5.75 Å². The first-order valence-electron chi connectivity index (χ1n) is 6.69. The molecule has 7 heteroatoms. The second-order valence-corrected chi connectivity index (χ2v) is 5.22. The number of rotatable bonds is 0. The fourth-order valence-electron chi connectivity index (χ4n) is 2.62. The summed E-state index contributed by atoms with van der Waals surface area (Å²) >= 11 is 0. The number of benzene rings is 1. The summed E-state index contributed by atoms with van der Waals surface area (Å²) in [5.74, 6) is 0.539. The van der Waals surface area contributed by atoms with Crippen LogP contribution in [0.25, 0.3) is 22.3 Å². The molecule has 3 heterocycles. The van der Waals surface area contributed by atoms with Crippen molar-refractivity contribution in [2.75, 3.05) is 5.73 Å². The van der Waals surface area contributed by atoms with Gasteiger partial charge in [-0.25, -0.2) is 4.98 Å². The first-order valence-corrected chi connectivity index (χ1v) is 6.69. The molecule has 1 atom stereocenters. The number of pyridine rings is 1. The smallest absolute Gasteiger partial charge is 0.261 e. The lowest BCUT2D eigenvalue weighted by Crippen LogP contribution is -2.18. The zero-order valence-electron chi connectivity index (χ0n) is 11.6. The summed E-state index contributed by atoms with van der Waals surface area (Å²) in [6.07, 6.45) is -1.18. The van der Waals surface area contributed by atoms with E-state index in [9.17, 15) is 9.90 Å². The van der Waals surface area contributed by atoms with Gasteiger partial charge in [-0.05, 0) is 25.1 Å². The topological polar surface area (TPSA) is 114 Å². The highest BCUT2D eigenvalue weighted by Gasteiger charge is 2.27. The van der Waals surface area contributed by atoms with E-state index in [1.165, 1.54) is 0 Å². The van der Waals surface area contributed by atoms with Gasteiger partial charge in [0, 0.05) is 11.1 Å². The van der Waals surface area contributed by atoms with Crippen LogP contribution in [0.1, 0.15) is 17.4 Å².